The Hall–Kier alpha value is -1.35. The molecule has 0 unspecified atom stereocenters. The minimum absolute atomic E-state index is 0.0600. The van der Waals surface area contributed by atoms with E-state index in [0.29, 0.717) is 6.61 Å². The van der Waals surface area contributed by atoms with Gasteiger partial charge in [0.05, 0.1) is 0 Å². The Labute approximate surface area is 103 Å². The second-order valence-electron chi connectivity index (χ2n) is 4.25. The van der Waals surface area contributed by atoms with E-state index in [-0.39, 0.29) is 12.4 Å². The van der Waals surface area contributed by atoms with Gasteiger partial charge in [-0.25, -0.2) is 0 Å². The van der Waals surface area contributed by atoms with Crippen molar-refractivity contribution in [3.05, 3.63) is 35.7 Å². The van der Waals surface area contributed by atoms with E-state index >= 15 is 0 Å². The van der Waals surface area contributed by atoms with E-state index in [9.17, 15) is 4.79 Å². The number of aromatic nitrogens is 1. The molecule has 0 N–H and O–H groups in total. The molecule has 0 radical (unpaired) electrons. The van der Waals surface area contributed by atoms with Crippen molar-refractivity contribution in [2.45, 2.75) is 26.7 Å². The van der Waals surface area contributed by atoms with E-state index in [1.165, 1.54) is 0 Å². The number of rotatable bonds is 7. The molecule has 0 saturated heterocycles. The fourth-order valence-electron chi connectivity index (χ4n) is 1.71. The summed E-state index contributed by atoms with van der Waals surface area (Å²) < 4.78 is 7.37. The molecule has 0 aromatic carbocycles. The van der Waals surface area contributed by atoms with Gasteiger partial charge in [-0.05, 0) is 32.8 Å². The quantitative estimate of drug-likeness (QED) is 0.413. The van der Waals surface area contributed by atoms with Crippen molar-refractivity contribution in [1.82, 2.24) is 4.57 Å². The van der Waals surface area contributed by atoms with Crippen molar-refractivity contribution in [3.63, 3.8) is 0 Å². The molecule has 0 aliphatic rings. The normalized spacial score (nSPS) is 10.5. The molecule has 0 spiro atoms. The first kappa shape index (κ1) is 13.7. The van der Waals surface area contributed by atoms with Crippen molar-refractivity contribution < 1.29 is 9.53 Å². The number of hydrogen-bond donors (Lipinski definition) is 0. The van der Waals surface area contributed by atoms with Crippen LogP contribution < -0.4 is 0 Å². The first-order valence-corrected chi connectivity index (χ1v) is 5.92. The van der Waals surface area contributed by atoms with Gasteiger partial charge in [0, 0.05) is 30.6 Å². The SMILES string of the molecule is C=CCCCOCC(=O)c1cc(C)n(C)c1C. The average molecular weight is 235 g/mol. The number of unbranched alkanes of at least 4 members (excludes halogenated alkanes) is 1. The summed E-state index contributed by atoms with van der Waals surface area (Å²) in [6.45, 7) is 8.37. The maximum Gasteiger partial charge on any atom is 0.190 e. The molecule has 3 heteroatoms. The molecule has 17 heavy (non-hydrogen) atoms. The van der Waals surface area contributed by atoms with Gasteiger partial charge >= 0.3 is 0 Å². The third-order valence-electron chi connectivity index (χ3n) is 3.01. The molecule has 3 nitrogen and oxygen atoms in total. The van der Waals surface area contributed by atoms with Crippen LogP contribution in [0, 0.1) is 13.8 Å². The summed E-state index contributed by atoms with van der Waals surface area (Å²) in [5.41, 5.74) is 2.87. The summed E-state index contributed by atoms with van der Waals surface area (Å²) in [4.78, 5) is 11.9. The Morgan fingerprint density at radius 1 is 1.53 bits per heavy atom. The lowest BCUT2D eigenvalue weighted by Gasteiger charge is -2.03. The molecule has 1 rings (SSSR count). The summed E-state index contributed by atoms with van der Waals surface area (Å²) >= 11 is 0. The van der Waals surface area contributed by atoms with Crippen LogP contribution in [0.3, 0.4) is 0 Å². The molecule has 0 saturated carbocycles. The van der Waals surface area contributed by atoms with Gasteiger partial charge in [-0.3, -0.25) is 4.79 Å². The maximum absolute atomic E-state index is 11.9. The molecule has 1 aromatic heterocycles. The zero-order valence-corrected chi connectivity index (χ0v) is 11.0. The van der Waals surface area contributed by atoms with Gasteiger partial charge < -0.3 is 9.30 Å². The van der Waals surface area contributed by atoms with Gasteiger partial charge in [-0.2, -0.15) is 0 Å². The fraction of sp³-hybridized carbons (Fsp3) is 0.500. The van der Waals surface area contributed by atoms with Crippen LogP contribution in [0.5, 0.6) is 0 Å². The van der Waals surface area contributed by atoms with Crippen LogP contribution in [0.4, 0.5) is 0 Å². The predicted octanol–water partition coefficient (Wildman–Crippen LogP) is 2.81. The Bertz CT molecular complexity index is 405. The van der Waals surface area contributed by atoms with E-state index < -0.39 is 0 Å². The van der Waals surface area contributed by atoms with Gasteiger partial charge in [-0.15, -0.1) is 6.58 Å². The molecule has 1 heterocycles. The van der Waals surface area contributed by atoms with Crippen molar-refractivity contribution in [1.29, 1.82) is 0 Å². The monoisotopic (exact) mass is 235 g/mol. The molecule has 1 aromatic rings. The summed E-state index contributed by atoms with van der Waals surface area (Å²) in [7, 11) is 1.96. The van der Waals surface area contributed by atoms with E-state index in [2.05, 4.69) is 6.58 Å². The first-order chi connectivity index (χ1) is 8.07. The van der Waals surface area contributed by atoms with Gasteiger partial charge in [-0.1, -0.05) is 6.08 Å². The zero-order valence-electron chi connectivity index (χ0n) is 11.0. The molecule has 0 bridgehead atoms. The van der Waals surface area contributed by atoms with Crippen LogP contribution >= 0.6 is 0 Å². The number of hydrogen-bond acceptors (Lipinski definition) is 2. The third-order valence-corrected chi connectivity index (χ3v) is 3.01. The fourth-order valence-corrected chi connectivity index (χ4v) is 1.71. The van der Waals surface area contributed by atoms with Gasteiger partial charge in [0.2, 0.25) is 0 Å². The van der Waals surface area contributed by atoms with Gasteiger partial charge in [0.1, 0.15) is 6.61 Å². The lowest BCUT2D eigenvalue weighted by atomic mass is 10.1. The lowest BCUT2D eigenvalue weighted by Crippen LogP contribution is -2.10. The smallest absolute Gasteiger partial charge is 0.190 e. The van der Waals surface area contributed by atoms with Crippen LogP contribution in [-0.4, -0.2) is 23.6 Å². The number of ketones is 1. The number of aryl methyl sites for hydroxylation is 1. The topological polar surface area (TPSA) is 31.2 Å². The molecule has 0 aliphatic heterocycles. The summed E-state index contributed by atoms with van der Waals surface area (Å²) in [6.07, 6.45) is 3.71. The second kappa shape index (κ2) is 6.40. The Balaban J connectivity index is 2.47. The van der Waals surface area contributed by atoms with Crippen LogP contribution in [0.2, 0.25) is 0 Å². The van der Waals surface area contributed by atoms with Crippen molar-refractivity contribution in [3.8, 4) is 0 Å². The second-order valence-corrected chi connectivity index (χ2v) is 4.25. The predicted molar refractivity (Wildman–Crippen MR) is 69.5 cm³/mol. The number of carbonyl (C=O) groups excluding carboxylic acids is 1. The molecule has 0 aliphatic carbocycles. The number of carbonyl (C=O) groups is 1. The number of Topliss-reactive ketones (excluding diaryl/α,β-unsaturated/α-hetero) is 1. The third kappa shape index (κ3) is 3.56. The average Bonchev–Trinajstić information content (AvgIpc) is 2.56. The van der Waals surface area contributed by atoms with Gasteiger partial charge in [0.25, 0.3) is 0 Å². The Kier molecular flexibility index (Phi) is 5.16. The van der Waals surface area contributed by atoms with Crippen LogP contribution in [0.1, 0.15) is 34.6 Å². The molecule has 94 valence electrons. The molecule has 0 amide bonds. The van der Waals surface area contributed by atoms with E-state index in [1.807, 2.05) is 37.6 Å². The minimum atomic E-state index is 0.0600. The number of allylic oxidation sites excluding steroid dienone is 1. The van der Waals surface area contributed by atoms with Crippen LogP contribution in [-0.2, 0) is 11.8 Å². The highest BCUT2D eigenvalue weighted by molar-refractivity contribution is 5.98. The molecule has 0 atom stereocenters. The van der Waals surface area contributed by atoms with Crippen LogP contribution in [0.15, 0.2) is 18.7 Å². The Morgan fingerprint density at radius 2 is 2.24 bits per heavy atom. The summed E-state index contributed by atoms with van der Waals surface area (Å²) in [6, 6.07) is 1.92. The molecule has 0 fully saturated rings. The summed E-state index contributed by atoms with van der Waals surface area (Å²) in [5, 5.41) is 0. The first-order valence-electron chi connectivity index (χ1n) is 5.92. The van der Waals surface area contributed by atoms with E-state index in [0.717, 1.165) is 29.8 Å². The van der Waals surface area contributed by atoms with E-state index in [4.69, 9.17) is 4.74 Å². The van der Waals surface area contributed by atoms with Crippen molar-refractivity contribution in [2.75, 3.05) is 13.2 Å². The zero-order chi connectivity index (χ0) is 12.8. The standard InChI is InChI=1S/C14H21NO2/c1-5-6-7-8-17-10-14(16)13-9-11(2)15(4)12(13)3/h5,9H,1,6-8,10H2,2-4H3. The highest BCUT2D eigenvalue weighted by Gasteiger charge is 2.13. The highest BCUT2D eigenvalue weighted by atomic mass is 16.5. The maximum atomic E-state index is 11.9. The van der Waals surface area contributed by atoms with E-state index in [1.54, 1.807) is 0 Å². The minimum Gasteiger partial charge on any atom is -0.373 e. The molecular weight excluding hydrogens is 214 g/mol. The Morgan fingerprint density at radius 3 is 2.76 bits per heavy atom. The largest absolute Gasteiger partial charge is 0.373 e. The highest BCUT2D eigenvalue weighted by Crippen LogP contribution is 2.13. The van der Waals surface area contributed by atoms with Crippen molar-refractivity contribution in [2.24, 2.45) is 7.05 Å². The molecular formula is C14H21NO2. The number of nitrogens with zero attached hydrogens (tertiary/aromatic N) is 1. The number of ether oxygens (including phenoxy) is 1. The lowest BCUT2D eigenvalue weighted by molar-refractivity contribution is 0.0756. The summed E-state index contributed by atoms with van der Waals surface area (Å²) in [5.74, 6) is 0.0600. The van der Waals surface area contributed by atoms with Crippen LogP contribution in [0.25, 0.3) is 0 Å². The van der Waals surface area contributed by atoms with Gasteiger partial charge in [0.15, 0.2) is 5.78 Å². The van der Waals surface area contributed by atoms with Crippen molar-refractivity contribution >= 4 is 5.78 Å².